The van der Waals surface area contributed by atoms with E-state index in [4.69, 9.17) is 0 Å². The molecule has 1 saturated heterocycles. The molecule has 0 spiro atoms. The van der Waals surface area contributed by atoms with E-state index >= 15 is 0 Å². The molecule has 1 N–H and O–H groups in total. The van der Waals surface area contributed by atoms with Crippen LogP contribution < -0.4 is 0 Å². The van der Waals surface area contributed by atoms with Gasteiger partial charge in [-0.3, -0.25) is 0 Å². The number of thioether (sulfide) groups is 1. The van der Waals surface area contributed by atoms with E-state index in [2.05, 4.69) is 11.2 Å². The van der Waals surface area contributed by atoms with Gasteiger partial charge in [0.25, 0.3) is 0 Å². The van der Waals surface area contributed by atoms with E-state index in [-0.39, 0.29) is 6.23 Å². The first-order valence-corrected chi connectivity index (χ1v) is 6.77. The van der Waals surface area contributed by atoms with Crippen molar-refractivity contribution in [2.75, 3.05) is 5.75 Å². The topological polar surface area (TPSA) is 38.1 Å². The molecular weight excluding hydrogens is 208 g/mol. The quantitative estimate of drug-likeness (QED) is 0.795. The lowest BCUT2D eigenvalue weighted by Crippen LogP contribution is -2.16. The first-order valence-electron chi connectivity index (χ1n) is 5.72. The molecule has 0 saturated carbocycles. The molecule has 15 heavy (non-hydrogen) atoms. The second-order valence-corrected chi connectivity index (χ2v) is 5.67. The largest absolute Gasteiger partial charge is 0.373 e. The van der Waals surface area contributed by atoms with Crippen LogP contribution in [0.4, 0.5) is 0 Å². The number of rotatable bonds is 1. The Labute approximate surface area is 93.9 Å². The fraction of sp³-hybridized carbons (Fsp3) is 0.727. The van der Waals surface area contributed by atoms with Gasteiger partial charge in [0.15, 0.2) is 0 Å². The van der Waals surface area contributed by atoms with Gasteiger partial charge in [0.2, 0.25) is 0 Å². The van der Waals surface area contributed by atoms with E-state index in [1.165, 1.54) is 24.3 Å². The summed E-state index contributed by atoms with van der Waals surface area (Å²) in [5.74, 6) is 2.34. The van der Waals surface area contributed by atoms with Crippen molar-refractivity contribution in [2.45, 2.75) is 43.6 Å². The molecule has 1 fully saturated rings. The summed E-state index contributed by atoms with van der Waals surface area (Å²) in [6.45, 7) is 0. The predicted octanol–water partition coefficient (Wildman–Crippen LogP) is 2.28. The zero-order valence-electron chi connectivity index (χ0n) is 8.72. The fourth-order valence-electron chi connectivity index (χ4n) is 2.44. The van der Waals surface area contributed by atoms with Gasteiger partial charge in [0.05, 0.1) is 5.69 Å². The van der Waals surface area contributed by atoms with Crippen molar-refractivity contribution in [3.05, 3.63) is 17.7 Å². The monoisotopic (exact) mass is 224 g/mol. The van der Waals surface area contributed by atoms with Gasteiger partial charge in [0.1, 0.15) is 12.1 Å². The van der Waals surface area contributed by atoms with Crippen LogP contribution in [-0.2, 0) is 6.42 Å². The van der Waals surface area contributed by atoms with E-state index in [0.717, 1.165) is 25.1 Å². The Hall–Kier alpha value is -0.480. The molecule has 3 nitrogen and oxygen atoms in total. The third-order valence-corrected chi connectivity index (χ3v) is 4.67. The van der Waals surface area contributed by atoms with E-state index in [9.17, 15) is 5.11 Å². The highest BCUT2D eigenvalue weighted by Gasteiger charge is 2.25. The minimum absolute atomic E-state index is 0.332. The SMILES string of the molecule is OC1CCCc2nc(C3CCCS3)cn21. The maximum absolute atomic E-state index is 9.83. The number of imidazole rings is 1. The minimum Gasteiger partial charge on any atom is -0.373 e. The molecule has 1 aromatic rings. The molecule has 2 unspecified atom stereocenters. The van der Waals surface area contributed by atoms with Gasteiger partial charge in [-0.2, -0.15) is 11.8 Å². The average molecular weight is 224 g/mol. The van der Waals surface area contributed by atoms with Crippen molar-refractivity contribution >= 4 is 11.8 Å². The molecule has 0 radical (unpaired) electrons. The summed E-state index contributed by atoms with van der Waals surface area (Å²) in [5, 5.41) is 10.4. The molecule has 4 heteroatoms. The normalized spacial score (nSPS) is 30.5. The molecular formula is C11H16N2OS. The molecule has 3 heterocycles. The summed E-state index contributed by atoms with van der Waals surface area (Å²) >= 11 is 2.00. The van der Waals surface area contributed by atoms with Gasteiger partial charge in [-0.15, -0.1) is 0 Å². The highest BCUT2D eigenvalue weighted by molar-refractivity contribution is 7.99. The maximum Gasteiger partial charge on any atom is 0.131 e. The zero-order valence-corrected chi connectivity index (χ0v) is 9.54. The molecule has 0 bridgehead atoms. The Morgan fingerprint density at radius 1 is 1.40 bits per heavy atom. The van der Waals surface area contributed by atoms with Crippen LogP contribution in [0, 0.1) is 0 Å². The number of aliphatic hydroxyl groups excluding tert-OH is 1. The van der Waals surface area contributed by atoms with Gasteiger partial charge in [-0.25, -0.2) is 4.98 Å². The maximum atomic E-state index is 9.83. The second kappa shape index (κ2) is 3.83. The van der Waals surface area contributed by atoms with Crippen molar-refractivity contribution in [1.82, 2.24) is 9.55 Å². The van der Waals surface area contributed by atoms with Crippen molar-refractivity contribution in [1.29, 1.82) is 0 Å². The molecule has 0 aliphatic carbocycles. The van der Waals surface area contributed by atoms with Gasteiger partial charge in [0, 0.05) is 17.9 Å². The lowest BCUT2D eigenvalue weighted by Gasteiger charge is -2.19. The Morgan fingerprint density at radius 2 is 2.33 bits per heavy atom. The summed E-state index contributed by atoms with van der Waals surface area (Å²) in [6, 6.07) is 0. The lowest BCUT2D eigenvalue weighted by atomic mass is 10.1. The Morgan fingerprint density at radius 3 is 3.07 bits per heavy atom. The number of aryl methyl sites for hydroxylation is 1. The number of hydrogen-bond donors (Lipinski definition) is 1. The first kappa shape index (κ1) is 9.73. The number of aliphatic hydroxyl groups is 1. The molecule has 2 atom stereocenters. The second-order valence-electron chi connectivity index (χ2n) is 4.36. The van der Waals surface area contributed by atoms with Gasteiger partial charge in [-0.1, -0.05) is 0 Å². The predicted molar refractivity (Wildman–Crippen MR) is 60.9 cm³/mol. The van der Waals surface area contributed by atoms with Gasteiger partial charge >= 0.3 is 0 Å². The molecule has 3 rings (SSSR count). The molecule has 0 amide bonds. The van der Waals surface area contributed by atoms with Crippen LogP contribution in [0.25, 0.3) is 0 Å². The molecule has 2 aliphatic rings. The Balaban J connectivity index is 1.90. The summed E-state index contributed by atoms with van der Waals surface area (Å²) in [6.07, 6.45) is 7.26. The first-order chi connectivity index (χ1) is 7.34. The van der Waals surface area contributed by atoms with Crippen LogP contribution in [-0.4, -0.2) is 20.4 Å². The number of nitrogens with zero attached hydrogens (tertiary/aromatic N) is 2. The van der Waals surface area contributed by atoms with Crippen LogP contribution in [0.5, 0.6) is 0 Å². The minimum atomic E-state index is -0.332. The smallest absolute Gasteiger partial charge is 0.131 e. The molecule has 2 aliphatic heterocycles. The number of aromatic nitrogens is 2. The zero-order chi connectivity index (χ0) is 10.3. The van der Waals surface area contributed by atoms with Crippen LogP contribution >= 0.6 is 11.8 Å². The van der Waals surface area contributed by atoms with Gasteiger partial charge < -0.3 is 9.67 Å². The highest BCUT2D eigenvalue weighted by Crippen LogP contribution is 2.40. The third kappa shape index (κ3) is 1.70. The summed E-state index contributed by atoms with van der Waals surface area (Å²) in [7, 11) is 0. The van der Waals surface area contributed by atoms with Crippen molar-refractivity contribution in [3.8, 4) is 0 Å². The van der Waals surface area contributed by atoms with Crippen molar-refractivity contribution in [3.63, 3.8) is 0 Å². The molecule has 0 aromatic carbocycles. The lowest BCUT2D eigenvalue weighted by molar-refractivity contribution is 0.0780. The Kier molecular flexibility index (Phi) is 2.48. The van der Waals surface area contributed by atoms with Crippen molar-refractivity contribution < 1.29 is 5.11 Å². The van der Waals surface area contributed by atoms with E-state index < -0.39 is 0 Å². The average Bonchev–Trinajstić information content (AvgIpc) is 2.86. The summed E-state index contributed by atoms with van der Waals surface area (Å²) < 4.78 is 1.97. The van der Waals surface area contributed by atoms with Crippen LogP contribution in [0.2, 0.25) is 0 Å². The molecule has 1 aromatic heterocycles. The number of fused-ring (bicyclic) bond motifs is 1. The van der Waals surface area contributed by atoms with Gasteiger partial charge in [-0.05, 0) is 31.4 Å². The van der Waals surface area contributed by atoms with Crippen molar-refractivity contribution in [2.24, 2.45) is 0 Å². The number of hydrogen-bond acceptors (Lipinski definition) is 3. The highest BCUT2D eigenvalue weighted by atomic mass is 32.2. The van der Waals surface area contributed by atoms with E-state index in [1.807, 2.05) is 16.3 Å². The van der Waals surface area contributed by atoms with E-state index in [1.54, 1.807) is 0 Å². The third-order valence-electron chi connectivity index (χ3n) is 3.27. The molecule has 82 valence electrons. The Bertz CT molecular complexity index is 357. The van der Waals surface area contributed by atoms with Crippen LogP contribution in [0.3, 0.4) is 0 Å². The fourth-order valence-corrected chi connectivity index (χ4v) is 3.68. The summed E-state index contributed by atoms with van der Waals surface area (Å²) in [5.41, 5.74) is 1.19. The van der Waals surface area contributed by atoms with E-state index in [0.29, 0.717) is 5.25 Å². The standard InChI is InChI=1S/C11H16N2OS/c14-11-5-1-4-10-12-8(7-13(10)11)9-3-2-6-15-9/h7,9,11,14H,1-6H2. The summed E-state index contributed by atoms with van der Waals surface area (Å²) in [4.78, 5) is 4.67. The van der Waals surface area contributed by atoms with Crippen LogP contribution in [0.15, 0.2) is 6.20 Å². The van der Waals surface area contributed by atoms with Crippen LogP contribution in [0.1, 0.15) is 48.7 Å².